The average molecular weight is 267 g/mol. The monoisotopic (exact) mass is 267 g/mol. The summed E-state index contributed by atoms with van der Waals surface area (Å²) in [5.41, 5.74) is -0.266. The first-order valence-corrected chi connectivity index (χ1v) is 5.74. The Bertz CT molecular complexity index is 521. The molecule has 1 saturated heterocycles. The molecule has 0 aliphatic carbocycles. The molecule has 1 fully saturated rings. The predicted octanol–water partition coefficient (Wildman–Crippen LogP) is -0.914. The van der Waals surface area contributed by atoms with Gasteiger partial charge in [0, 0.05) is 19.2 Å². The van der Waals surface area contributed by atoms with Gasteiger partial charge in [-0.25, -0.2) is 5.10 Å². The van der Waals surface area contributed by atoms with Crippen molar-refractivity contribution in [2.45, 2.75) is 12.5 Å². The van der Waals surface area contributed by atoms with Crippen LogP contribution in [0.2, 0.25) is 0 Å². The number of carbonyl (C=O) groups excluding carboxylic acids is 1. The lowest BCUT2D eigenvalue weighted by Crippen LogP contribution is -2.46. The molecule has 0 aromatic carbocycles. The van der Waals surface area contributed by atoms with Gasteiger partial charge in [0.05, 0.1) is 19.1 Å². The van der Waals surface area contributed by atoms with Gasteiger partial charge >= 0.3 is 5.97 Å². The van der Waals surface area contributed by atoms with Crippen LogP contribution in [0.5, 0.6) is 0 Å². The second-order valence-corrected chi connectivity index (χ2v) is 4.15. The third kappa shape index (κ3) is 3.38. The minimum atomic E-state index is -0.971. The van der Waals surface area contributed by atoms with Crippen LogP contribution >= 0.6 is 0 Å². The van der Waals surface area contributed by atoms with E-state index < -0.39 is 12.1 Å². The normalized spacial score (nSPS) is 19.2. The summed E-state index contributed by atoms with van der Waals surface area (Å²) in [4.78, 5) is 35.0. The maximum Gasteiger partial charge on any atom is 0.306 e. The summed E-state index contributed by atoms with van der Waals surface area (Å²) >= 11 is 0. The van der Waals surface area contributed by atoms with Crippen molar-refractivity contribution in [1.82, 2.24) is 15.1 Å². The van der Waals surface area contributed by atoms with E-state index >= 15 is 0 Å². The fourth-order valence-electron chi connectivity index (χ4n) is 1.85. The minimum absolute atomic E-state index is 0.121. The molecule has 2 N–H and O–H groups in total. The number of aliphatic carboxylic acids is 1. The minimum Gasteiger partial charge on any atom is -0.481 e. The number of aromatic amines is 1. The van der Waals surface area contributed by atoms with Crippen LogP contribution in [-0.2, 0) is 9.53 Å². The molecule has 8 nitrogen and oxygen atoms in total. The lowest BCUT2D eigenvalue weighted by molar-refractivity contribution is -0.141. The zero-order chi connectivity index (χ0) is 13.8. The molecule has 0 bridgehead atoms. The molecule has 1 unspecified atom stereocenters. The highest BCUT2D eigenvalue weighted by Gasteiger charge is 2.27. The first-order chi connectivity index (χ1) is 9.06. The molecule has 1 atom stereocenters. The van der Waals surface area contributed by atoms with Crippen LogP contribution in [-0.4, -0.2) is 57.9 Å². The predicted molar refractivity (Wildman–Crippen MR) is 62.8 cm³/mol. The third-order valence-corrected chi connectivity index (χ3v) is 2.73. The number of aromatic nitrogens is 2. The van der Waals surface area contributed by atoms with Gasteiger partial charge in [0.2, 0.25) is 0 Å². The van der Waals surface area contributed by atoms with Gasteiger partial charge in [0.1, 0.15) is 5.69 Å². The fourth-order valence-corrected chi connectivity index (χ4v) is 1.85. The number of carboxylic acids is 1. The number of carboxylic acid groups (broad SMARTS) is 1. The molecule has 1 amide bonds. The van der Waals surface area contributed by atoms with Crippen molar-refractivity contribution in [1.29, 1.82) is 0 Å². The molecular formula is C11H13N3O5. The van der Waals surface area contributed by atoms with Crippen molar-refractivity contribution in [3.8, 4) is 0 Å². The maximum atomic E-state index is 12.1. The summed E-state index contributed by atoms with van der Waals surface area (Å²) < 4.78 is 5.27. The van der Waals surface area contributed by atoms with Crippen molar-refractivity contribution in [2.24, 2.45) is 0 Å². The van der Waals surface area contributed by atoms with E-state index in [9.17, 15) is 14.4 Å². The van der Waals surface area contributed by atoms with Gasteiger partial charge in [-0.3, -0.25) is 14.4 Å². The number of hydrogen-bond acceptors (Lipinski definition) is 5. The lowest BCUT2D eigenvalue weighted by atomic mass is 10.2. The molecular weight excluding hydrogens is 254 g/mol. The molecule has 102 valence electrons. The number of morpholine rings is 1. The molecule has 0 radical (unpaired) electrons. The van der Waals surface area contributed by atoms with Crippen molar-refractivity contribution in [3.63, 3.8) is 0 Å². The summed E-state index contributed by atoms with van der Waals surface area (Å²) in [6.45, 7) is 0.856. The van der Waals surface area contributed by atoms with Crippen LogP contribution in [0.15, 0.2) is 16.9 Å². The standard InChI is InChI=1S/C11H13N3O5/c15-9-2-1-8(12-13-9)11(18)14-3-4-19-7(6-14)5-10(16)17/h1-2,7H,3-6H2,(H,13,15)(H,16,17). The number of ether oxygens (including phenoxy) is 1. The topological polar surface area (TPSA) is 113 Å². The van der Waals surface area contributed by atoms with E-state index in [1.165, 1.54) is 17.0 Å². The van der Waals surface area contributed by atoms with E-state index in [4.69, 9.17) is 9.84 Å². The Morgan fingerprint density at radius 1 is 1.53 bits per heavy atom. The highest BCUT2D eigenvalue weighted by molar-refractivity contribution is 5.92. The molecule has 1 aliphatic rings. The summed E-state index contributed by atoms with van der Waals surface area (Å²) in [7, 11) is 0. The van der Waals surface area contributed by atoms with E-state index in [-0.39, 0.29) is 36.7 Å². The second-order valence-electron chi connectivity index (χ2n) is 4.15. The summed E-state index contributed by atoms with van der Waals surface area (Å²) in [5, 5.41) is 14.5. The quantitative estimate of drug-likeness (QED) is 0.732. The van der Waals surface area contributed by atoms with Crippen molar-refractivity contribution < 1.29 is 19.4 Å². The number of H-pyrrole nitrogens is 1. The number of carbonyl (C=O) groups is 2. The van der Waals surface area contributed by atoms with Gasteiger partial charge in [-0.2, -0.15) is 5.10 Å². The van der Waals surface area contributed by atoms with Crippen molar-refractivity contribution in [3.05, 3.63) is 28.2 Å². The van der Waals surface area contributed by atoms with Gasteiger partial charge in [-0.15, -0.1) is 0 Å². The Hall–Kier alpha value is -2.22. The highest BCUT2D eigenvalue weighted by Crippen LogP contribution is 2.11. The Labute approximate surface area is 108 Å². The molecule has 0 spiro atoms. The largest absolute Gasteiger partial charge is 0.481 e. The van der Waals surface area contributed by atoms with Gasteiger partial charge in [0.25, 0.3) is 11.5 Å². The number of nitrogens with one attached hydrogen (secondary N) is 1. The molecule has 19 heavy (non-hydrogen) atoms. The van der Waals surface area contributed by atoms with Gasteiger partial charge in [0.15, 0.2) is 0 Å². The Morgan fingerprint density at radius 2 is 2.32 bits per heavy atom. The van der Waals surface area contributed by atoms with Gasteiger partial charge < -0.3 is 14.7 Å². The van der Waals surface area contributed by atoms with Crippen molar-refractivity contribution >= 4 is 11.9 Å². The van der Waals surface area contributed by atoms with Gasteiger partial charge in [-0.05, 0) is 6.07 Å². The Morgan fingerprint density at radius 3 is 2.95 bits per heavy atom. The van der Waals surface area contributed by atoms with Crippen LogP contribution in [0.4, 0.5) is 0 Å². The van der Waals surface area contributed by atoms with E-state index in [1.54, 1.807) is 0 Å². The number of rotatable bonds is 3. The van der Waals surface area contributed by atoms with E-state index in [0.29, 0.717) is 6.54 Å². The molecule has 1 aliphatic heterocycles. The van der Waals surface area contributed by atoms with Crippen LogP contribution in [0.1, 0.15) is 16.9 Å². The van der Waals surface area contributed by atoms with E-state index in [2.05, 4.69) is 10.2 Å². The van der Waals surface area contributed by atoms with Crippen LogP contribution in [0, 0.1) is 0 Å². The molecule has 8 heteroatoms. The lowest BCUT2D eigenvalue weighted by Gasteiger charge is -2.31. The van der Waals surface area contributed by atoms with Crippen LogP contribution in [0.3, 0.4) is 0 Å². The van der Waals surface area contributed by atoms with Crippen LogP contribution < -0.4 is 5.56 Å². The molecule has 0 saturated carbocycles. The fraction of sp³-hybridized carbons (Fsp3) is 0.455. The maximum absolute atomic E-state index is 12.1. The smallest absolute Gasteiger partial charge is 0.306 e. The van der Waals surface area contributed by atoms with E-state index in [0.717, 1.165) is 0 Å². The van der Waals surface area contributed by atoms with Gasteiger partial charge in [-0.1, -0.05) is 0 Å². The third-order valence-electron chi connectivity index (χ3n) is 2.73. The molecule has 2 rings (SSSR count). The number of nitrogens with zero attached hydrogens (tertiary/aromatic N) is 2. The Kier molecular flexibility index (Phi) is 3.91. The first-order valence-electron chi connectivity index (χ1n) is 5.74. The highest BCUT2D eigenvalue weighted by atomic mass is 16.5. The number of hydrogen-bond donors (Lipinski definition) is 2. The number of amides is 1. The summed E-state index contributed by atoms with van der Waals surface area (Å²) in [5.74, 6) is -1.32. The summed E-state index contributed by atoms with van der Waals surface area (Å²) in [6.07, 6.45) is -0.666. The molecule has 2 heterocycles. The zero-order valence-electron chi connectivity index (χ0n) is 10.0. The second kappa shape index (κ2) is 5.61. The summed E-state index contributed by atoms with van der Waals surface area (Å²) in [6, 6.07) is 2.55. The SMILES string of the molecule is O=C(O)CC1CN(C(=O)c2ccc(=O)[nH]n2)CCO1. The zero-order valence-corrected chi connectivity index (χ0v) is 10.0. The van der Waals surface area contributed by atoms with Crippen molar-refractivity contribution in [2.75, 3.05) is 19.7 Å². The average Bonchev–Trinajstić information content (AvgIpc) is 2.38. The molecule has 1 aromatic rings. The first kappa shape index (κ1) is 13.2. The van der Waals surface area contributed by atoms with E-state index in [1.807, 2.05) is 0 Å². The van der Waals surface area contributed by atoms with Crippen LogP contribution in [0.25, 0.3) is 0 Å². The molecule has 1 aromatic heterocycles. The Balaban J connectivity index is 2.04.